The largest absolute Gasteiger partial charge is 0.368 e. The number of hydrogen-bond donors (Lipinski definition) is 1. The lowest BCUT2D eigenvalue weighted by Crippen LogP contribution is -2.36. The van der Waals surface area contributed by atoms with Crippen molar-refractivity contribution in [2.24, 2.45) is 4.99 Å². The van der Waals surface area contributed by atoms with Gasteiger partial charge in [0.2, 0.25) is 10.0 Å². The highest BCUT2D eigenvalue weighted by Gasteiger charge is 2.27. The Bertz CT molecular complexity index is 1000. The number of nitrogens with zero attached hydrogens (tertiary/aromatic N) is 2. The van der Waals surface area contributed by atoms with Crippen molar-refractivity contribution < 1.29 is 8.42 Å². The van der Waals surface area contributed by atoms with E-state index in [0.717, 1.165) is 42.9 Å². The highest BCUT2D eigenvalue weighted by molar-refractivity contribution is 7.89. The zero-order chi connectivity index (χ0) is 19.6. The maximum Gasteiger partial charge on any atom is 0.243 e. The van der Waals surface area contributed by atoms with Crippen molar-refractivity contribution in [3.8, 4) is 0 Å². The summed E-state index contributed by atoms with van der Waals surface area (Å²) in [5, 5.41) is 3.81. The maximum absolute atomic E-state index is 12.8. The van der Waals surface area contributed by atoms with Crippen molar-refractivity contribution in [3.63, 3.8) is 0 Å². The number of piperidine rings is 1. The minimum atomic E-state index is -3.46. The smallest absolute Gasteiger partial charge is 0.243 e. The highest BCUT2D eigenvalue weighted by atomic mass is 35.5. The molecule has 0 aromatic heterocycles. The molecule has 0 amide bonds. The molecule has 0 aliphatic carbocycles. The topological polar surface area (TPSA) is 61.8 Å². The first kappa shape index (κ1) is 19.2. The van der Waals surface area contributed by atoms with Gasteiger partial charge in [0.15, 0.2) is 0 Å². The van der Waals surface area contributed by atoms with Gasteiger partial charge in [-0.1, -0.05) is 47.5 Å². The van der Waals surface area contributed by atoms with Crippen molar-refractivity contribution in [1.29, 1.82) is 0 Å². The Kier molecular flexibility index (Phi) is 5.53. The van der Waals surface area contributed by atoms with E-state index in [2.05, 4.69) is 40.7 Å². The van der Waals surface area contributed by atoms with Crippen LogP contribution in [0.25, 0.3) is 6.08 Å². The average Bonchev–Trinajstić information content (AvgIpc) is 3.24. The lowest BCUT2D eigenvalue weighted by atomic mass is 10.0. The Hall–Kier alpha value is -2.15. The van der Waals surface area contributed by atoms with Gasteiger partial charge in [-0.2, -0.15) is 4.31 Å². The zero-order valence-corrected chi connectivity index (χ0v) is 17.0. The third-order valence-electron chi connectivity index (χ3n) is 5.05. The Morgan fingerprint density at radius 1 is 1.00 bits per heavy atom. The van der Waals surface area contributed by atoms with E-state index in [1.54, 1.807) is 28.6 Å². The third kappa shape index (κ3) is 4.14. The van der Waals surface area contributed by atoms with Gasteiger partial charge in [-0.25, -0.2) is 8.42 Å². The van der Waals surface area contributed by atoms with Crippen molar-refractivity contribution >= 4 is 33.5 Å². The van der Waals surface area contributed by atoms with Gasteiger partial charge in [-0.3, -0.25) is 4.99 Å². The molecule has 146 valence electrons. The normalized spacial score (nSPS) is 17.9. The second-order valence-electron chi connectivity index (χ2n) is 6.94. The van der Waals surface area contributed by atoms with Crippen LogP contribution >= 0.6 is 11.6 Å². The summed E-state index contributed by atoms with van der Waals surface area (Å²) in [6.45, 7) is 2.72. The van der Waals surface area contributed by atoms with Gasteiger partial charge in [-0.05, 0) is 42.7 Å². The Morgan fingerprint density at radius 3 is 2.29 bits per heavy atom. The van der Waals surface area contributed by atoms with Crippen molar-refractivity contribution in [2.75, 3.05) is 26.2 Å². The fourth-order valence-corrected chi connectivity index (χ4v) is 5.05. The van der Waals surface area contributed by atoms with E-state index in [1.165, 1.54) is 5.57 Å². The molecule has 2 aromatic rings. The van der Waals surface area contributed by atoms with Crippen LogP contribution in [-0.4, -0.2) is 44.7 Å². The molecule has 0 saturated carbocycles. The number of nitrogens with one attached hydrogen (secondary N) is 1. The molecule has 2 aliphatic rings. The van der Waals surface area contributed by atoms with Crippen molar-refractivity contribution in [3.05, 3.63) is 70.3 Å². The second-order valence-corrected chi connectivity index (χ2v) is 9.31. The van der Waals surface area contributed by atoms with Crippen molar-refractivity contribution in [1.82, 2.24) is 9.62 Å². The summed E-state index contributed by atoms with van der Waals surface area (Å²) in [6.07, 6.45) is 3.64. The lowest BCUT2D eigenvalue weighted by Gasteiger charge is -2.27. The summed E-state index contributed by atoms with van der Waals surface area (Å²) in [7, 11) is -3.46. The molecule has 0 radical (unpaired) electrons. The van der Waals surface area contributed by atoms with Crippen LogP contribution in [0.15, 0.2) is 64.0 Å². The van der Waals surface area contributed by atoms with E-state index >= 15 is 0 Å². The molecule has 2 aromatic carbocycles. The van der Waals surface area contributed by atoms with Crippen LogP contribution in [0.3, 0.4) is 0 Å². The van der Waals surface area contributed by atoms with E-state index in [0.29, 0.717) is 23.0 Å². The second kappa shape index (κ2) is 8.07. The molecule has 0 bridgehead atoms. The molecular formula is C21H22ClN3O2S. The van der Waals surface area contributed by atoms with Gasteiger partial charge in [0.25, 0.3) is 0 Å². The monoisotopic (exact) mass is 415 g/mol. The molecule has 5 nitrogen and oxygen atoms in total. The molecule has 7 heteroatoms. The van der Waals surface area contributed by atoms with Gasteiger partial charge in [0.05, 0.1) is 11.4 Å². The van der Waals surface area contributed by atoms with Crippen LogP contribution in [0.1, 0.15) is 24.0 Å². The first-order valence-corrected chi connectivity index (χ1v) is 11.2. The molecule has 1 fully saturated rings. The molecule has 2 aliphatic heterocycles. The Balaban J connectivity index is 1.41. The quantitative estimate of drug-likeness (QED) is 0.830. The molecule has 0 unspecified atom stereocenters. The SMILES string of the molecule is O=S(=O)(c1ccc(Cl)cc1)N1CCC(=Cc2ccc(C3=NCCN3)cc2)CC1. The number of rotatable bonds is 4. The molecule has 2 heterocycles. The molecule has 1 N–H and O–H groups in total. The number of aliphatic imine (C=N–C) groups is 1. The van der Waals surface area contributed by atoms with E-state index in [-0.39, 0.29) is 0 Å². The molecule has 28 heavy (non-hydrogen) atoms. The van der Waals surface area contributed by atoms with Gasteiger partial charge in [0, 0.05) is 30.2 Å². The van der Waals surface area contributed by atoms with Crippen LogP contribution in [0, 0.1) is 0 Å². The fourth-order valence-electron chi connectivity index (χ4n) is 3.48. The Morgan fingerprint density at radius 2 is 1.68 bits per heavy atom. The maximum atomic E-state index is 12.8. The standard InChI is InChI=1S/C21H22ClN3O2S/c22-19-5-7-20(8-6-19)28(26,27)25-13-9-17(10-14-25)15-16-1-3-18(4-2-16)21-23-11-12-24-21/h1-8,15H,9-14H2,(H,23,24). The number of hydrogen-bond acceptors (Lipinski definition) is 4. The van der Waals surface area contributed by atoms with E-state index in [9.17, 15) is 8.42 Å². The first-order chi connectivity index (χ1) is 13.5. The van der Waals surface area contributed by atoms with Gasteiger partial charge < -0.3 is 5.32 Å². The number of sulfonamides is 1. The summed E-state index contributed by atoms with van der Waals surface area (Å²) in [6, 6.07) is 14.7. The molecule has 4 rings (SSSR count). The number of amidine groups is 1. The average molecular weight is 416 g/mol. The number of halogens is 1. The van der Waals surface area contributed by atoms with Crippen LogP contribution in [0.2, 0.25) is 5.02 Å². The summed E-state index contributed by atoms with van der Waals surface area (Å²) in [5.41, 5.74) is 3.50. The zero-order valence-electron chi connectivity index (χ0n) is 15.4. The van der Waals surface area contributed by atoms with Gasteiger partial charge in [0.1, 0.15) is 5.84 Å². The van der Waals surface area contributed by atoms with E-state index < -0.39 is 10.0 Å². The Labute approximate surface area is 170 Å². The minimum absolute atomic E-state index is 0.295. The predicted molar refractivity (Wildman–Crippen MR) is 113 cm³/mol. The minimum Gasteiger partial charge on any atom is -0.368 e. The molecule has 1 saturated heterocycles. The summed E-state index contributed by atoms with van der Waals surface area (Å²) < 4.78 is 27.1. The molecule has 0 atom stereocenters. The van der Waals surface area contributed by atoms with Crippen LogP contribution in [-0.2, 0) is 10.0 Å². The van der Waals surface area contributed by atoms with Crippen LogP contribution < -0.4 is 5.32 Å². The van der Waals surface area contributed by atoms with Gasteiger partial charge in [-0.15, -0.1) is 0 Å². The fraction of sp³-hybridized carbons (Fsp3) is 0.286. The van der Waals surface area contributed by atoms with Crippen LogP contribution in [0.5, 0.6) is 0 Å². The van der Waals surface area contributed by atoms with Crippen LogP contribution in [0.4, 0.5) is 0 Å². The highest BCUT2D eigenvalue weighted by Crippen LogP contribution is 2.25. The third-order valence-corrected chi connectivity index (χ3v) is 7.21. The van der Waals surface area contributed by atoms with Crippen molar-refractivity contribution in [2.45, 2.75) is 17.7 Å². The summed E-state index contributed by atoms with van der Waals surface area (Å²) >= 11 is 5.86. The number of benzene rings is 2. The van der Waals surface area contributed by atoms with E-state index in [4.69, 9.17) is 11.6 Å². The lowest BCUT2D eigenvalue weighted by molar-refractivity contribution is 0.388. The van der Waals surface area contributed by atoms with Gasteiger partial charge >= 0.3 is 0 Å². The predicted octanol–water partition coefficient (Wildman–Crippen LogP) is 3.56. The van der Waals surface area contributed by atoms with E-state index in [1.807, 2.05) is 0 Å². The summed E-state index contributed by atoms with van der Waals surface area (Å²) in [4.78, 5) is 4.73. The summed E-state index contributed by atoms with van der Waals surface area (Å²) in [5.74, 6) is 0.958. The molecular weight excluding hydrogens is 394 g/mol. The first-order valence-electron chi connectivity index (χ1n) is 9.36. The molecule has 0 spiro atoms.